The predicted molar refractivity (Wildman–Crippen MR) is 104 cm³/mol. The zero-order valence-electron chi connectivity index (χ0n) is 15.9. The van der Waals surface area contributed by atoms with Gasteiger partial charge in [0.15, 0.2) is 5.82 Å². The van der Waals surface area contributed by atoms with Crippen molar-refractivity contribution in [3.05, 3.63) is 53.9 Å². The Morgan fingerprint density at radius 3 is 2.89 bits per heavy atom. The molecule has 0 aliphatic rings. The fourth-order valence-corrected chi connectivity index (χ4v) is 3.26. The molecule has 0 bridgehead atoms. The molecule has 28 heavy (non-hydrogen) atoms. The van der Waals surface area contributed by atoms with Gasteiger partial charge in [-0.05, 0) is 38.0 Å². The predicted octanol–water partition coefficient (Wildman–Crippen LogP) is 2.11. The van der Waals surface area contributed by atoms with E-state index in [2.05, 4.69) is 30.6 Å². The van der Waals surface area contributed by atoms with E-state index in [4.69, 9.17) is 0 Å². The molecular formula is C19H20N8O. The molecule has 0 saturated carbocycles. The zero-order chi connectivity index (χ0) is 19.7. The first-order chi connectivity index (χ1) is 13.5. The molecule has 3 heterocycles. The summed E-state index contributed by atoms with van der Waals surface area (Å²) in [4.78, 5) is 21.1. The zero-order valence-corrected chi connectivity index (χ0v) is 15.9. The Labute approximate surface area is 161 Å². The fourth-order valence-electron chi connectivity index (χ4n) is 3.26. The summed E-state index contributed by atoms with van der Waals surface area (Å²) in [6.07, 6.45) is 4.05. The van der Waals surface area contributed by atoms with Crippen LogP contribution in [0.1, 0.15) is 23.4 Å². The van der Waals surface area contributed by atoms with Gasteiger partial charge in [0.05, 0.1) is 0 Å². The van der Waals surface area contributed by atoms with E-state index in [9.17, 15) is 4.79 Å². The molecule has 0 atom stereocenters. The van der Waals surface area contributed by atoms with E-state index in [0.29, 0.717) is 18.6 Å². The third-order valence-corrected chi connectivity index (χ3v) is 4.71. The Hall–Kier alpha value is -3.62. The topological polar surface area (TPSA) is 103 Å². The van der Waals surface area contributed by atoms with Gasteiger partial charge in [-0.1, -0.05) is 12.1 Å². The number of nitrogens with one attached hydrogen (secondary N) is 1. The molecule has 1 N–H and O–H groups in total. The summed E-state index contributed by atoms with van der Waals surface area (Å²) in [6, 6.07) is 7.57. The largest absolute Gasteiger partial charge is 0.326 e. The highest BCUT2D eigenvalue weighted by Crippen LogP contribution is 2.21. The van der Waals surface area contributed by atoms with E-state index in [1.807, 2.05) is 49.7 Å². The highest BCUT2D eigenvalue weighted by atomic mass is 16.1. The lowest BCUT2D eigenvalue weighted by Gasteiger charge is -2.11. The van der Waals surface area contributed by atoms with E-state index in [1.165, 1.54) is 6.33 Å². The molecular weight excluding hydrogens is 356 g/mol. The van der Waals surface area contributed by atoms with Crippen molar-refractivity contribution in [1.82, 2.24) is 34.3 Å². The molecule has 0 saturated heterocycles. The van der Waals surface area contributed by atoms with Crippen LogP contribution < -0.4 is 5.32 Å². The number of nitrogens with zero attached hydrogens (tertiary/aromatic N) is 7. The van der Waals surface area contributed by atoms with Crippen molar-refractivity contribution >= 4 is 17.4 Å². The van der Waals surface area contributed by atoms with Crippen molar-refractivity contribution in [1.29, 1.82) is 0 Å². The molecule has 4 rings (SSSR count). The van der Waals surface area contributed by atoms with Gasteiger partial charge < -0.3 is 9.88 Å². The van der Waals surface area contributed by atoms with Crippen LogP contribution in [0, 0.1) is 13.8 Å². The van der Waals surface area contributed by atoms with Gasteiger partial charge in [-0.25, -0.2) is 9.50 Å². The van der Waals surface area contributed by atoms with Crippen LogP contribution in [-0.2, 0) is 18.3 Å². The van der Waals surface area contributed by atoms with Crippen molar-refractivity contribution in [2.24, 2.45) is 7.05 Å². The maximum atomic E-state index is 12.5. The Morgan fingerprint density at radius 1 is 1.25 bits per heavy atom. The Balaban J connectivity index is 1.46. The first-order valence-corrected chi connectivity index (χ1v) is 8.93. The molecule has 3 aromatic heterocycles. The number of aromatic nitrogens is 7. The lowest BCUT2D eigenvalue weighted by Crippen LogP contribution is -2.14. The third kappa shape index (κ3) is 3.34. The number of carbonyl (C=O) groups is 1. The van der Waals surface area contributed by atoms with Crippen LogP contribution in [0.3, 0.4) is 0 Å². The third-order valence-electron chi connectivity index (χ3n) is 4.71. The standard InChI is InChI=1S/C19H20N8O/c1-12-16(13(2)27-19(23-12)20-10-22-27)7-8-17(28)24-15-6-4-5-14(9-15)18-25-21-11-26(18)3/h4-6,9-11H,7-8H2,1-3H3,(H,24,28). The van der Waals surface area contributed by atoms with Gasteiger partial charge in [0.1, 0.15) is 12.7 Å². The van der Waals surface area contributed by atoms with E-state index < -0.39 is 0 Å². The maximum Gasteiger partial charge on any atom is 0.252 e. The van der Waals surface area contributed by atoms with Crippen LogP contribution in [0.15, 0.2) is 36.9 Å². The molecule has 0 aliphatic heterocycles. The lowest BCUT2D eigenvalue weighted by atomic mass is 10.1. The molecule has 1 amide bonds. The number of amides is 1. The van der Waals surface area contributed by atoms with Crippen LogP contribution in [-0.4, -0.2) is 40.3 Å². The minimum atomic E-state index is -0.0624. The number of hydrogen-bond acceptors (Lipinski definition) is 6. The number of aryl methyl sites for hydroxylation is 3. The Kier molecular flexibility index (Phi) is 4.56. The number of fused-ring (bicyclic) bond motifs is 1. The second-order valence-electron chi connectivity index (χ2n) is 6.63. The van der Waals surface area contributed by atoms with Crippen LogP contribution in [0.2, 0.25) is 0 Å². The second-order valence-corrected chi connectivity index (χ2v) is 6.63. The minimum absolute atomic E-state index is 0.0624. The molecule has 0 fully saturated rings. The quantitative estimate of drug-likeness (QED) is 0.572. The molecule has 1 aromatic carbocycles. The summed E-state index contributed by atoms with van der Waals surface area (Å²) in [5, 5.41) is 15.1. The highest BCUT2D eigenvalue weighted by molar-refractivity contribution is 5.91. The summed E-state index contributed by atoms with van der Waals surface area (Å²) < 4.78 is 3.53. The molecule has 4 aromatic rings. The van der Waals surface area contributed by atoms with Gasteiger partial charge >= 0.3 is 0 Å². The Morgan fingerprint density at radius 2 is 2.11 bits per heavy atom. The highest BCUT2D eigenvalue weighted by Gasteiger charge is 2.13. The van der Waals surface area contributed by atoms with Gasteiger partial charge in [0.2, 0.25) is 5.91 Å². The molecule has 0 spiro atoms. The summed E-state index contributed by atoms with van der Waals surface area (Å²) in [5.74, 6) is 1.26. The molecule has 0 aliphatic carbocycles. The van der Waals surface area contributed by atoms with Crippen molar-refractivity contribution in [3.63, 3.8) is 0 Å². The van der Waals surface area contributed by atoms with E-state index in [-0.39, 0.29) is 5.91 Å². The van der Waals surface area contributed by atoms with Crippen molar-refractivity contribution in [3.8, 4) is 11.4 Å². The number of carbonyl (C=O) groups excluding carboxylic acids is 1. The number of hydrogen-bond donors (Lipinski definition) is 1. The average molecular weight is 376 g/mol. The molecule has 142 valence electrons. The number of benzene rings is 1. The summed E-state index contributed by atoms with van der Waals surface area (Å²) >= 11 is 0. The maximum absolute atomic E-state index is 12.5. The fraction of sp³-hybridized carbons (Fsp3) is 0.263. The van der Waals surface area contributed by atoms with Crippen LogP contribution in [0.5, 0.6) is 0 Å². The SMILES string of the molecule is Cc1nc2ncnn2c(C)c1CCC(=O)Nc1cccc(-c2nncn2C)c1. The van der Waals surface area contributed by atoms with Gasteiger partial charge in [0, 0.05) is 36.1 Å². The van der Waals surface area contributed by atoms with Crippen molar-refractivity contribution in [2.45, 2.75) is 26.7 Å². The lowest BCUT2D eigenvalue weighted by molar-refractivity contribution is -0.116. The minimum Gasteiger partial charge on any atom is -0.326 e. The van der Waals surface area contributed by atoms with Crippen LogP contribution >= 0.6 is 0 Å². The second kappa shape index (κ2) is 7.18. The van der Waals surface area contributed by atoms with Crippen LogP contribution in [0.25, 0.3) is 17.2 Å². The number of rotatable bonds is 5. The summed E-state index contributed by atoms with van der Waals surface area (Å²) in [5.41, 5.74) is 4.46. The van der Waals surface area contributed by atoms with Crippen molar-refractivity contribution in [2.75, 3.05) is 5.32 Å². The number of anilines is 1. The molecule has 0 radical (unpaired) electrons. The first kappa shape index (κ1) is 17.8. The van der Waals surface area contributed by atoms with Gasteiger partial charge in [-0.15, -0.1) is 10.2 Å². The first-order valence-electron chi connectivity index (χ1n) is 8.93. The summed E-state index contributed by atoms with van der Waals surface area (Å²) in [7, 11) is 1.88. The van der Waals surface area contributed by atoms with Gasteiger partial charge in [-0.2, -0.15) is 10.1 Å². The summed E-state index contributed by atoms with van der Waals surface area (Å²) in [6.45, 7) is 3.90. The van der Waals surface area contributed by atoms with E-state index >= 15 is 0 Å². The molecule has 0 unspecified atom stereocenters. The van der Waals surface area contributed by atoms with E-state index in [0.717, 1.165) is 34.0 Å². The van der Waals surface area contributed by atoms with Crippen LogP contribution in [0.4, 0.5) is 5.69 Å². The molecule has 9 heteroatoms. The van der Waals surface area contributed by atoms with Gasteiger partial charge in [0.25, 0.3) is 5.78 Å². The normalized spacial score (nSPS) is 11.1. The molecule has 9 nitrogen and oxygen atoms in total. The average Bonchev–Trinajstić information content (AvgIpc) is 3.30. The van der Waals surface area contributed by atoms with Crippen molar-refractivity contribution < 1.29 is 4.79 Å². The van der Waals surface area contributed by atoms with E-state index in [1.54, 1.807) is 10.8 Å². The smallest absolute Gasteiger partial charge is 0.252 e. The monoisotopic (exact) mass is 376 g/mol. The van der Waals surface area contributed by atoms with Gasteiger partial charge in [-0.3, -0.25) is 4.79 Å². The Bertz CT molecular complexity index is 1160.